The van der Waals surface area contributed by atoms with E-state index in [0.29, 0.717) is 22.3 Å². The number of carbonyl (C=O) groups excluding carboxylic acids is 1. The van der Waals surface area contributed by atoms with Crippen LogP contribution in [0.2, 0.25) is 10.0 Å². The Morgan fingerprint density at radius 3 is 2.67 bits per heavy atom. The largest absolute Gasteiger partial charge is 0.448 e. The molecule has 0 spiro atoms. The molecule has 1 heterocycles. The molecule has 1 aromatic rings. The number of carbonyl (C=O) groups is 1. The first-order chi connectivity index (χ1) is 9.65. The average Bonchev–Trinajstić information content (AvgIpc) is 2.44. The van der Waals surface area contributed by atoms with Crippen molar-refractivity contribution in [1.29, 1.82) is 0 Å². The Morgan fingerprint density at radius 1 is 1.24 bits per heavy atom. The summed E-state index contributed by atoms with van der Waals surface area (Å²) >= 11 is 11.8. The van der Waals surface area contributed by atoms with E-state index in [2.05, 4.69) is 10.2 Å². The van der Waals surface area contributed by atoms with Crippen LogP contribution in [0.4, 0.5) is 10.5 Å². The lowest BCUT2D eigenvalue weighted by Gasteiger charge is -2.25. The summed E-state index contributed by atoms with van der Waals surface area (Å²) in [5, 5.41) is 3.54. The van der Waals surface area contributed by atoms with E-state index in [-0.39, 0.29) is 12.4 Å². The van der Waals surface area contributed by atoms with Gasteiger partial charge in [0, 0.05) is 11.6 Å². The van der Waals surface area contributed by atoms with Crippen LogP contribution in [0.15, 0.2) is 18.2 Å². The van der Waals surface area contributed by atoms with Crippen molar-refractivity contribution in [2.75, 3.05) is 31.6 Å². The van der Waals surface area contributed by atoms with Gasteiger partial charge in [0.2, 0.25) is 0 Å². The van der Waals surface area contributed by atoms with Crippen LogP contribution in [-0.4, -0.2) is 37.2 Å². The number of rotatable bonds is 4. The van der Waals surface area contributed by atoms with Crippen LogP contribution in [0.25, 0.3) is 0 Å². The topological polar surface area (TPSA) is 41.6 Å². The van der Waals surface area contributed by atoms with Gasteiger partial charge in [0.25, 0.3) is 0 Å². The maximum absolute atomic E-state index is 11.7. The van der Waals surface area contributed by atoms with Crippen LogP contribution < -0.4 is 5.32 Å². The highest BCUT2D eigenvalue weighted by Gasteiger charge is 2.11. The fourth-order valence-corrected chi connectivity index (χ4v) is 2.53. The van der Waals surface area contributed by atoms with Gasteiger partial charge in [-0.2, -0.15) is 0 Å². The Labute approximate surface area is 141 Å². The molecule has 118 valence electrons. The maximum atomic E-state index is 11.7. The number of halogens is 3. The molecule has 1 saturated heterocycles. The number of likely N-dealkylation sites (tertiary alicyclic amines) is 1. The first-order valence-electron chi connectivity index (χ1n) is 6.76. The van der Waals surface area contributed by atoms with Gasteiger partial charge in [-0.25, -0.2) is 4.79 Å². The lowest BCUT2D eigenvalue weighted by atomic mass is 10.1. The van der Waals surface area contributed by atoms with Crippen LogP contribution in [0, 0.1) is 0 Å². The predicted octanol–water partition coefficient (Wildman–Crippen LogP) is 4.45. The predicted molar refractivity (Wildman–Crippen MR) is 89.0 cm³/mol. The summed E-state index contributed by atoms with van der Waals surface area (Å²) in [5.74, 6) is 0. The second-order valence-electron chi connectivity index (χ2n) is 4.79. The van der Waals surface area contributed by atoms with Crippen molar-refractivity contribution in [3.05, 3.63) is 28.2 Å². The Bertz CT molecular complexity index is 466. The van der Waals surface area contributed by atoms with Gasteiger partial charge in [0.05, 0.1) is 10.7 Å². The van der Waals surface area contributed by atoms with Gasteiger partial charge < -0.3 is 4.74 Å². The number of benzene rings is 1. The molecule has 0 aliphatic carbocycles. The third-order valence-electron chi connectivity index (χ3n) is 3.25. The smallest absolute Gasteiger partial charge is 0.411 e. The number of ether oxygens (including phenoxy) is 1. The Kier molecular flexibility index (Phi) is 8.19. The number of piperidine rings is 1. The van der Waals surface area contributed by atoms with E-state index in [0.717, 1.165) is 19.6 Å². The molecular weight excluding hydrogens is 335 g/mol. The van der Waals surface area contributed by atoms with Gasteiger partial charge in [-0.05, 0) is 44.1 Å². The van der Waals surface area contributed by atoms with E-state index in [1.165, 1.54) is 19.3 Å². The van der Waals surface area contributed by atoms with E-state index in [9.17, 15) is 4.79 Å². The van der Waals surface area contributed by atoms with Gasteiger partial charge in [-0.3, -0.25) is 10.2 Å². The van der Waals surface area contributed by atoms with Gasteiger partial charge in [0.15, 0.2) is 0 Å². The van der Waals surface area contributed by atoms with Crippen molar-refractivity contribution >= 4 is 47.4 Å². The fourth-order valence-electron chi connectivity index (χ4n) is 2.19. The van der Waals surface area contributed by atoms with Crippen molar-refractivity contribution in [1.82, 2.24) is 4.90 Å². The molecule has 1 fully saturated rings. The standard InChI is InChI=1S/C14H18Cl2N2O2.ClH/c15-11-4-5-12(16)13(10-11)17-14(19)20-9-8-18-6-2-1-3-7-18;/h4-5,10H,1-3,6-9H2,(H,17,19);1H. The average molecular weight is 354 g/mol. The van der Waals surface area contributed by atoms with E-state index < -0.39 is 6.09 Å². The summed E-state index contributed by atoms with van der Waals surface area (Å²) in [6, 6.07) is 4.89. The molecule has 2 rings (SSSR count). The minimum atomic E-state index is -0.508. The zero-order valence-electron chi connectivity index (χ0n) is 11.6. The molecule has 1 amide bonds. The number of hydrogen-bond acceptors (Lipinski definition) is 3. The summed E-state index contributed by atoms with van der Waals surface area (Å²) in [5.41, 5.74) is 0.460. The van der Waals surface area contributed by atoms with Gasteiger partial charge in [-0.1, -0.05) is 29.6 Å². The summed E-state index contributed by atoms with van der Waals surface area (Å²) in [6.07, 6.45) is 3.24. The molecule has 4 nitrogen and oxygen atoms in total. The first-order valence-corrected chi connectivity index (χ1v) is 7.52. The zero-order valence-corrected chi connectivity index (χ0v) is 13.9. The normalized spacial score (nSPS) is 15.1. The third kappa shape index (κ3) is 6.30. The lowest BCUT2D eigenvalue weighted by Crippen LogP contribution is -2.33. The Hall–Kier alpha value is -0.680. The summed E-state index contributed by atoms with van der Waals surface area (Å²) < 4.78 is 5.15. The minimum absolute atomic E-state index is 0. The summed E-state index contributed by atoms with van der Waals surface area (Å²) in [6.45, 7) is 3.33. The minimum Gasteiger partial charge on any atom is -0.448 e. The zero-order chi connectivity index (χ0) is 14.4. The molecule has 0 bridgehead atoms. The van der Waals surface area contributed by atoms with E-state index >= 15 is 0 Å². The lowest BCUT2D eigenvalue weighted by molar-refractivity contribution is 0.131. The number of hydrogen-bond donors (Lipinski definition) is 1. The van der Waals surface area contributed by atoms with Crippen molar-refractivity contribution in [3.8, 4) is 0 Å². The monoisotopic (exact) mass is 352 g/mol. The number of amides is 1. The molecule has 0 unspecified atom stereocenters. The molecule has 21 heavy (non-hydrogen) atoms. The van der Waals surface area contributed by atoms with Crippen molar-refractivity contribution < 1.29 is 9.53 Å². The summed E-state index contributed by atoms with van der Waals surface area (Å²) in [4.78, 5) is 14.0. The molecule has 0 aromatic heterocycles. The van der Waals surface area contributed by atoms with E-state index in [1.807, 2.05) is 0 Å². The number of nitrogens with zero attached hydrogens (tertiary/aromatic N) is 1. The van der Waals surface area contributed by atoms with Gasteiger partial charge in [-0.15, -0.1) is 12.4 Å². The first kappa shape index (κ1) is 18.4. The van der Waals surface area contributed by atoms with Gasteiger partial charge >= 0.3 is 6.09 Å². The van der Waals surface area contributed by atoms with Crippen LogP contribution >= 0.6 is 35.6 Å². The Morgan fingerprint density at radius 2 is 1.95 bits per heavy atom. The second-order valence-corrected chi connectivity index (χ2v) is 5.63. The van der Waals surface area contributed by atoms with Crippen LogP contribution in [0.5, 0.6) is 0 Å². The highest BCUT2D eigenvalue weighted by atomic mass is 35.5. The second kappa shape index (κ2) is 9.36. The maximum Gasteiger partial charge on any atom is 0.411 e. The van der Waals surface area contributed by atoms with Crippen molar-refractivity contribution in [2.24, 2.45) is 0 Å². The highest BCUT2D eigenvalue weighted by molar-refractivity contribution is 6.35. The molecule has 1 aliphatic rings. The van der Waals surface area contributed by atoms with Crippen molar-refractivity contribution in [3.63, 3.8) is 0 Å². The fraction of sp³-hybridized carbons (Fsp3) is 0.500. The molecule has 0 radical (unpaired) electrons. The highest BCUT2D eigenvalue weighted by Crippen LogP contribution is 2.25. The van der Waals surface area contributed by atoms with Crippen LogP contribution in [-0.2, 0) is 4.74 Å². The third-order valence-corrected chi connectivity index (χ3v) is 3.82. The molecule has 1 aromatic carbocycles. The quantitative estimate of drug-likeness (QED) is 0.869. The number of nitrogens with one attached hydrogen (secondary N) is 1. The van der Waals surface area contributed by atoms with E-state index in [4.69, 9.17) is 27.9 Å². The molecule has 0 saturated carbocycles. The van der Waals surface area contributed by atoms with Crippen LogP contribution in [0.1, 0.15) is 19.3 Å². The summed E-state index contributed by atoms with van der Waals surface area (Å²) in [7, 11) is 0. The number of anilines is 1. The molecule has 1 aliphatic heterocycles. The Balaban J connectivity index is 0.00000220. The molecule has 7 heteroatoms. The van der Waals surface area contributed by atoms with Crippen molar-refractivity contribution in [2.45, 2.75) is 19.3 Å². The SMILES string of the molecule is Cl.O=C(Nc1cc(Cl)ccc1Cl)OCCN1CCCCC1. The molecular formula is C14H19Cl3N2O2. The van der Waals surface area contributed by atoms with Crippen LogP contribution in [0.3, 0.4) is 0 Å². The van der Waals surface area contributed by atoms with Gasteiger partial charge in [0.1, 0.15) is 6.61 Å². The van der Waals surface area contributed by atoms with E-state index in [1.54, 1.807) is 18.2 Å². The molecule has 1 N–H and O–H groups in total. The molecule has 0 atom stereocenters.